The van der Waals surface area contributed by atoms with Crippen molar-refractivity contribution in [2.75, 3.05) is 5.32 Å². The number of carbonyl (C=O) groups excluding carboxylic acids is 3. The number of imide groups is 1. The third-order valence-corrected chi connectivity index (χ3v) is 2.61. The number of non-ortho nitro benzene ring substituents is 1. The molecule has 9 heteroatoms. The molecule has 9 nitrogen and oxygen atoms in total. The molecule has 1 saturated heterocycles. The molecular weight excluding hydrogens is 268 g/mol. The summed E-state index contributed by atoms with van der Waals surface area (Å²) in [5, 5.41) is 17.2. The summed E-state index contributed by atoms with van der Waals surface area (Å²) in [5.74, 6) is -1.05. The lowest BCUT2D eigenvalue weighted by Crippen LogP contribution is -2.33. The van der Waals surface area contributed by atoms with E-state index in [0.29, 0.717) is 5.69 Å². The van der Waals surface area contributed by atoms with Crippen molar-refractivity contribution in [2.45, 2.75) is 12.5 Å². The van der Waals surface area contributed by atoms with E-state index in [0.717, 1.165) is 0 Å². The number of amides is 4. The maximum Gasteiger partial charge on any atom is 0.322 e. The number of carbonyl (C=O) groups is 3. The Kier molecular flexibility index (Phi) is 3.60. The maximum atomic E-state index is 11.7. The van der Waals surface area contributed by atoms with E-state index in [2.05, 4.69) is 10.6 Å². The van der Waals surface area contributed by atoms with E-state index in [1.165, 1.54) is 24.3 Å². The normalized spacial score (nSPS) is 17.3. The van der Waals surface area contributed by atoms with Crippen LogP contribution >= 0.6 is 0 Å². The van der Waals surface area contributed by atoms with Crippen molar-refractivity contribution in [3.8, 4) is 0 Å². The second kappa shape index (κ2) is 5.34. The van der Waals surface area contributed by atoms with Crippen LogP contribution in [0.4, 0.5) is 16.2 Å². The second-order valence-electron chi connectivity index (χ2n) is 4.07. The number of urea groups is 1. The fourth-order valence-electron chi connectivity index (χ4n) is 1.67. The van der Waals surface area contributed by atoms with E-state index in [9.17, 15) is 24.5 Å². The molecule has 0 aromatic heterocycles. The molecule has 1 aromatic rings. The zero-order chi connectivity index (χ0) is 14.7. The van der Waals surface area contributed by atoms with Crippen molar-refractivity contribution in [1.29, 1.82) is 0 Å². The summed E-state index contributed by atoms with van der Waals surface area (Å²) in [7, 11) is 0. The molecule has 0 saturated carbocycles. The first-order valence-electron chi connectivity index (χ1n) is 5.61. The van der Waals surface area contributed by atoms with Crippen LogP contribution in [0.25, 0.3) is 0 Å². The molecule has 0 spiro atoms. The highest BCUT2D eigenvalue weighted by molar-refractivity contribution is 6.06. The molecule has 1 atom stereocenters. The largest absolute Gasteiger partial charge is 0.326 e. The molecule has 4 amide bonds. The van der Waals surface area contributed by atoms with Crippen LogP contribution in [0.1, 0.15) is 6.42 Å². The number of nitrogens with zero attached hydrogens (tertiary/aromatic N) is 1. The highest BCUT2D eigenvalue weighted by Gasteiger charge is 2.31. The Bertz CT molecular complexity index is 583. The van der Waals surface area contributed by atoms with Gasteiger partial charge in [0.1, 0.15) is 6.04 Å². The fraction of sp³-hybridized carbons (Fsp3) is 0.182. The van der Waals surface area contributed by atoms with E-state index >= 15 is 0 Å². The average Bonchev–Trinajstić information content (AvgIpc) is 2.68. The molecule has 3 N–H and O–H groups in total. The first kappa shape index (κ1) is 13.5. The highest BCUT2D eigenvalue weighted by atomic mass is 16.6. The topological polar surface area (TPSA) is 130 Å². The molecule has 1 aliphatic heterocycles. The van der Waals surface area contributed by atoms with E-state index in [1.807, 2.05) is 5.32 Å². The molecule has 0 bridgehead atoms. The molecule has 104 valence electrons. The average molecular weight is 278 g/mol. The van der Waals surface area contributed by atoms with Gasteiger partial charge in [-0.1, -0.05) is 0 Å². The Morgan fingerprint density at radius 2 is 1.95 bits per heavy atom. The van der Waals surface area contributed by atoms with Gasteiger partial charge < -0.3 is 10.6 Å². The zero-order valence-electron chi connectivity index (χ0n) is 10.1. The van der Waals surface area contributed by atoms with Gasteiger partial charge in [0.2, 0.25) is 5.91 Å². The number of nitrogens with one attached hydrogen (secondary N) is 3. The number of rotatable bonds is 4. The van der Waals surface area contributed by atoms with E-state index in [4.69, 9.17) is 0 Å². The molecule has 20 heavy (non-hydrogen) atoms. The molecular formula is C11H10N4O5. The third kappa shape index (κ3) is 3.07. The maximum absolute atomic E-state index is 11.7. The van der Waals surface area contributed by atoms with Gasteiger partial charge in [0.05, 0.1) is 11.3 Å². The number of anilines is 1. The molecule has 1 aromatic carbocycles. The quantitative estimate of drug-likeness (QED) is 0.409. The molecule has 1 heterocycles. The van der Waals surface area contributed by atoms with E-state index < -0.39 is 28.8 Å². The molecule has 1 fully saturated rings. The van der Waals surface area contributed by atoms with Crippen molar-refractivity contribution in [3.05, 3.63) is 34.4 Å². The van der Waals surface area contributed by atoms with E-state index in [1.54, 1.807) is 0 Å². The van der Waals surface area contributed by atoms with Crippen LogP contribution in [-0.2, 0) is 9.59 Å². The van der Waals surface area contributed by atoms with Gasteiger partial charge >= 0.3 is 6.03 Å². The molecule has 0 aliphatic carbocycles. The van der Waals surface area contributed by atoms with Crippen LogP contribution in [0.15, 0.2) is 24.3 Å². The van der Waals surface area contributed by atoms with Gasteiger partial charge in [-0.05, 0) is 12.1 Å². The standard InChI is InChI=1S/C11H10N4O5/c16-9(5-8-10(17)14-11(18)13-8)12-6-1-3-7(4-2-6)15(19)20/h1-4,8H,5H2,(H,12,16)(H2,13,14,17,18)/t8-/m1/s1. The predicted molar refractivity (Wildman–Crippen MR) is 66.8 cm³/mol. The van der Waals surface area contributed by atoms with Gasteiger partial charge in [-0.2, -0.15) is 0 Å². The lowest BCUT2D eigenvalue weighted by Gasteiger charge is -2.08. The summed E-state index contributed by atoms with van der Waals surface area (Å²) in [6, 6.07) is 3.72. The predicted octanol–water partition coefficient (Wildman–Crippen LogP) is 0.131. The summed E-state index contributed by atoms with van der Waals surface area (Å²) < 4.78 is 0. The van der Waals surface area contributed by atoms with Crippen molar-refractivity contribution in [1.82, 2.24) is 10.6 Å². The fourth-order valence-corrected chi connectivity index (χ4v) is 1.67. The highest BCUT2D eigenvalue weighted by Crippen LogP contribution is 2.15. The zero-order valence-corrected chi connectivity index (χ0v) is 10.1. The van der Waals surface area contributed by atoms with Crippen LogP contribution in [0.3, 0.4) is 0 Å². The summed E-state index contributed by atoms with van der Waals surface area (Å²) in [5.41, 5.74) is 0.274. The number of nitro groups is 1. The Labute approximate surface area is 112 Å². The molecule has 0 unspecified atom stereocenters. The number of nitro benzene ring substituents is 1. The summed E-state index contributed by atoms with van der Waals surface area (Å²) in [6.45, 7) is 0. The summed E-state index contributed by atoms with van der Waals surface area (Å²) in [4.78, 5) is 43.7. The first-order valence-corrected chi connectivity index (χ1v) is 5.61. The van der Waals surface area contributed by atoms with Gasteiger partial charge in [0.25, 0.3) is 11.6 Å². The lowest BCUT2D eigenvalue weighted by atomic mass is 10.2. The molecule has 1 aliphatic rings. The van der Waals surface area contributed by atoms with Crippen LogP contribution in [-0.4, -0.2) is 28.8 Å². The van der Waals surface area contributed by atoms with Crippen molar-refractivity contribution in [2.24, 2.45) is 0 Å². The Morgan fingerprint density at radius 3 is 2.45 bits per heavy atom. The molecule has 0 radical (unpaired) electrons. The Hall–Kier alpha value is -2.97. The van der Waals surface area contributed by atoms with Crippen LogP contribution in [0, 0.1) is 10.1 Å². The number of hydrogen-bond acceptors (Lipinski definition) is 5. The van der Waals surface area contributed by atoms with Gasteiger partial charge in [0, 0.05) is 17.8 Å². The van der Waals surface area contributed by atoms with Gasteiger partial charge in [-0.3, -0.25) is 25.0 Å². The van der Waals surface area contributed by atoms with Crippen molar-refractivity contribution in [3.63, 3.8) is 0 Å². The van der Waals surface area contributed by atoms with Crippen molar-refractivity contribution < 1.29 is 19.3 Å². The minimum absolute atomic E-state index is 0.0922. The first-order chi connectivity index (χ1) is 9.45. The van der Waals surface area contributed by atoms with Gasteiger partial charge in [-0.15, -0.1) is 0 Å². The van der Waals surface area contributed by atoms with Crippen LogP contribution in [0.5, 0.6) is 0 Å². The van der Waals surface area contributed by atoms with Gasteiger partial charge in [0.15, 0.2) is 0 Å². The van der Waals surface area contributed by atoms with Gasteiger partial charge in [-0.25, -0.2) is 4.79 Å². The van der Waals surface area contributed by atoms with Crippen LogP contribution < -0.4 is 16.0 Å². The Balaban J connectivity index is 1.93. The number of benzene rings is 1. The smallest absolute Gasteiger partial charge is 0.322 e. The second-order valence-corrected chi connectivity index (χ2v) is 4.07. The lowest BCUT2D eigenvalue weighted by molar-refractivity contribution is -0.384. The molecule has 2 rings (SSSR count). The summed E-state index contributed by atoms with van der Waals surface area (Å²) >= 11 is 0. The summed E-state index contributed by atoms with van der Waals surface area (Å²) in [6.07, 6.45) is -0.214. The SMILES string of the molecule is O=C(C[C@H]1NC(=O)NC1=O)Nc1ccc([N+](=O)[O-])cc1. The van der Waals surface area contributed by atoms with E-state index in [-0.39, 0.29) is 12.1 Å². The monoisotopic (exact) mass is 278 g/mol. The minimum atomic E-state index is -0.902. The van der Waals surface area contributed by atoms with Crippen LogP contribution in [0.2, 0.25) is 0 Å². The third-order valence-electron chi connectivity index (χ3n) is 2.61. The minimum Gasteiger partial charge on any atom is -0.326 e. The van der Waals surface area contributed by atoms with Crippen molar-refractivity contribution >= 4 is 29.2 Å². The Morgan fingerprint density at radius 1 is 1.30 bits per heavy atom. The number of hydrogen-bond donors (Lipinski definition) is 3.